The van der Waals surface area contributed by atoms with Gasteiger partial charge in [-0.2, -0.15) is 0 Å². The number of rotatable bonds is 5. The van der Waals surface area contributed by atoms with Gasteiger partial charge < -0.3 is 15.0 Å². The van der Waals surface area contributed by atoms with Crippen LogP contribution >= 0.6 is 22.9 Å². The van der Waals surface area contributed by atoms with Gasteiger partial charge >= 0.3 is 5.97 Å². The molecule has 1 aliphatic heterocycles. The van der Waals surface area contributed by atoms with Gasteiger partial charge in [0.25, 0.3) is 0 Å². The van der Waals surface area contributed by atoms with E-state index in [0.717, 1.165) is 53.4 Å². The molecule has 1 saturated carbocycles. The van der Waals surface area contributed by atoms with E-state index in [-0.39, 0.29) is 23.8 Å². The van der Waals surface area contributed by atoms with E-state index in [1.54, 1.807) is 11.3 Å². The minimum absolute atomic E-state index is 0.0280. The number of halogens is 1. The number of nitrogens with zero attached hydrogens (tertiary/aromatic N) is 1. The molecule has 1 saturated heterocycles. The average molecular weight is 485 g/mol. The quantitative estimate of drug-likeness (QED) is 0.461. The minimum Gasteiger partial charge on any atom is -0.481 e. The molecule has 7 heteroatoms. The molecule has 4 atom stereocenters. The van der Waals surface area contributed by atoms with Crippen LogP contribution in [0.15, 0.2) is 41.9 Å². The maximum Gasteiger partial charge on any atom is 0.306 e. The standard InChI is InChI=1S/C26H29ClN2O3S/c1-26(22-11-5-13-33-22,18-15-28-20-9-3-8-19(27)24(18)20)14-23(30)29-12-4-7-16-17(25(31)32)6-2-10-21(16)29/h3,5,8-9,11,13,15-17,21,28H,2,4,6-7,10,12,14H2,1H3,(H,31,32). The Morgan fingerprint density at radius 3 is 2.82 bits per heavy atom. The molecule has 3 heterocycles. The van der Waals surface area contributed by atoms with Gasteiger partial charge in [0.2, 0.25) is 5.91 Å². The number of amides is 1. The van der Waals surface area contributed by atoms with Crippen molar-refractivity contribution < 1.29 is 14.7 Å². The topological polar surface area (TPSA) is 73.4 Å². The summed E-state index contributed by atoms with van der Waals surface area (Å²) in [5.41, 5.74) is 1.45. The van der Waals surface area contributed by atoms with Crippen LogP contribution in [0.5, 0.6) is 0 Å². The number of aromatic amines is 1. The second kappa shape index (κ2) is 8.80. The smallest absolute Gasteiger partial charge is 0.306 e. The van der Waals surface area contributed by atoms with Gasteiger partial charge in [0.15, 0.2) is 0 Å². The van der Waals surface area contributed by atoms with Crippen LogP contribution < -0.4 is 0 Å². The van der Waals surface area contributed by atoms with E-state index < -0.39 is 11.4 Å². The maximum absolute atomic E-state index is 13.9. The summed E-state index contributed by atoms with van der Waals surface area (Å²) in [6, 6.07) is 9.96. The van der Waals surface area contributed by atoms with Crippen molar-refractivity contribution in [2.45, 2.75) is 56.9 Å². The summed E-state index contributed by atoms with van der Waals surface area (Å²) in [4.78, 5) is 32.2. The lowest BCUT2D eigenvalue weighted by Gasteiger charge is -2.47. The molecule has 2 N–H and O–H groups in total. The number of aliphatic carboxylic acids is 1. The molecule has 2 aliphatic rings. The van der Waals surface area contributed by atoms with Gasteiger partial charge in [0.1, 0.15) is 0 Å². The van der Waals surface area contributed by atoms with Crippen molar-refractivity contribution >= 4 is 45.7 Å². The van der Waals surface area contributed by atoms with E-state index >= 15 is 0 Å². The van der Waals surface area contributed by atoms with E-state index in [4.69, 9.17) is 11.6 Å². The predicted molar refractivity (Wildman–Crippen MR) is 132 cm³/mol. The first-order valence-corrected chi connectivity index (χ1v) is 13.0. The number of piperidine rings is 1. The Morgan fingerprint density at radius 1 is 1.21 bits per heavy atom. The van der Waals surface area contributed by atoms with Gasteiger partial charge in [-0.15, -0.1) is 11.3 Å². The largest absolute Gasteiger partial charge is 0.481 e. The number of fused-ring (bicyclic) bond motifs is 2. The number of hydrogen-bond acceptors (Lipinski definition) is 3. The Kier molecular flexibility index (Phi) is 6.00. The second-order valence-corrected chi connectivity index (χ2v) is 11.0. The number of benzene rings is 1. The third-order valence-electron chi connectivity index (χ3n) is 7.82. The van der Waals surface area contributed by atoms with E-state index in [1.165, 1.54) is 0 Å². The molecule has 0 radical (unpaired) electrons. The van der Waals surface area contributed by atoms with Crippen molar-refractivity contribution in [3.63, 3.8) is 0 Å². The highest BCUT2D eigenvalue weighted by molar-refractivity contribution is 7.10. The summed E-state index contributed by atoms with van der Waals surface area (Å²) in [5.74, 6) is -0.885. The number of aromatic nitrogens is 1. The molecule has 5 nitrogen and oxygen atoms in total. The van der Waals surface area contributed by atoms with Crippen molar-refractivity contribution in [1.29, 1.82) is 0 Å². The predicted octanol–water partition coefficient (Wildman–Crippen LogP) is 6.07. The van der Waals surface area contributed by atoms with Crippen LogP contribution in [0.3, 0.4) is 0 Å². The van der Waals surface area contributed by atoms with Crippen molar-refractivity contribution in [2.75, 3.05) is 6.54 Å². The van der Waals surface area contributed by atoms with Crippen molar-refractivity contribution in [3.8, 4) is 0 Å². The first-order chi connectivity index (χ1) is 15.9. The molecule has 1 aromatic carbocycles. The summed E-state index contributed by atoms with van der Waals surface area (Å²) in [5, 5.41) is 13.4. The maximum atomic E-state index is 13.9. The highest BCUT2D eigenvalue weighted by Gasteiger charge is 2.45. The summed E-state index contributed by atoms with van der Waals surface area (Å²) in [6.45, 7) is 2.84. The lowest BCUT2D eigenvalue weighted by Crippen LogP contribution is -2.54. The molecule has 2 fully saturated rings. The fourth-order valence-corrected chi connectivity index (χ4v) is 7.37. The monoisotopic (exact) mass is 484 g/mol. The minimum atomic E-state index is -0.712. The molecule has 2 aromatic heterocycles. The summed E-state index contributed by atoms with van der Waals surface area (Å²) in [7, 11) is 0. The highest BCUT2D eigenvalue weighted by atomic mass is 35.5. The lowest BCUT2D eigenvalue weighted by molar-refractivity contribution is -0.152. The average Bonchev–Trinajstić information content (AvgIpc) is 3.49. The molecular formula is C26H29ClN2O3S. The number of nitrogens with one attached hydrogen (secondary N) is 1. The Labute approximate surface area is 202 Å². The molecule has 1 amide bonds. The molecule has 174 valence electrons. The summed E-state index contributed by atoms with van der Waals surface area (Å²) in [6.07, 6.45) is 6.56. The van der Waals surface area contributed by atoms with Crippen molar-refractivity contribution in [1.82, 2.24) is 9.88 Å². The molecule has 5 rings (SSSR count). The van der Waals surface area contributed by atoms with Gasteiger partial charge in [0, 0.05) is 46.4 Å². The van der Waals surface area contributed by atoms with Crippen LogP contribution in [0.2, 0.25) is 5.02 Å². The number of thiophene rings is 1. The fourth-order valence-electron chi connectivity index (χ4n) is 6.19. The molecule has 1 aliphatic carbocycles. The van der Waals surface area contributed by atoms with Crippen molar-refractivity contribution in [2.24, 2.45) is 11.8 Å². The lowest BCUT2D eigenvalue weighted by atomic mass is 9.70. The Bertz CT molecular complexity index is 1170. The number of likely N-dealkylation sites (tertiary alicyclic amines) is 1. The van der Waals surface area contributed by atoms with Crippen LogP contribution in [0.1, 0.15) is 55.9 Å². The van der Waals surface area contributed by atoms with Crippen LogP contribution in [-0.4, -0.2) is 39.5 Å². The number of hydrogen-bond donors (Lipinski definition) is 2. The third-order valence-corrected chi connectivity index (χ3v) is 9.27. The van der Waals surface area contributed by atoms with Gasteiger partial charge in [-0.05, 0) is 60.7 Å². The fraction of sp³-hybridized carbons (Fsp3) is 0.462. The first-order valence-electron chi connectivity index (χ1n) is 11.7. The number of carboxylic acid groups (broad SMARTS) is 1. The zero-order chi connectivity index (χ0) is 23.2. The van der Waals surface area contributed by atoms with E-state index in [1.807, 2.05) is 40.7 Å². The molecule has 3 aromatic rings. The molecule has 33 heavy (non-hydrogen) atoms. The van der Waals surface area contributed by atoms with Gasteiger partial charge in [-0.1, -0.05) is 37.1 Å². The van der Waals surface area contributed by atoms with Gasteiger partial charge in [-0.25, -0.2) is 0 Å². The molecular weight excluding hydrogens is 456 g/mol. The van der Waals surface area contributed by atoms with E-state index in [2.05, 4.69) is 18.0 Å². The highest BCUT2D eigenvalue weighted by Crippen LogP contribution is 2.45. The number of H-pyrrole nitrogens is 1. The SMILES string of the molecule is CC(CC(=O)N1CCCC2C(C(=O)O)CCCC21)(c1cccs1)c1c[nH]c2cccc(Cl)c12. The van der Waals surface area contributed by atoms with Crippen LogP contribution in [0, 0.1) is 11.8 Å². The van der Waals surface area contributed by atoms with Crippen LogP contribution in [-0.2, 0) is 15.0 Å². The summed E-state index contributed by atoms with van der Waals surface area (Å²) >= 11 is 8.28. The normalized spacial score (nSPS) is 24.9. The Morgan fingerprint density at radius 2 is 2.06 bits per heavy atom. The van der Waals surface area contributed by atoms with Crippen LogP contribution in [0.25, 0.3) is 10.9 Å². The molecule has 0 spiro atoms. The van der Waals surface area contributed by atoms with E-state index in [9.17, 15) is 14.7 Å². The summed E-state index contributed by atoms with van der Waals surface area (Å²) < 4.78 is 0. The van der Waals surface area contributed by atoms with E-state index in [0.29, 0.717) is 18.0 Å². The zero-order valence-electron chi connectivity index (χ0n) is 18.7. The number of carboxylic acids is 1. The molecule has 4 unspecified atom stereocenters. The third kappa shape index (κ3) is 3.87. The Balaban J connectivity index is 1.50. The van der Waals surface area contributed by atoms with Gasteiger partial charge in [0.05, 0.1) is 10.9 Å². The Hall–Kier alpha value is -2.31. The second-order valence-electron chi connectivity index (χ2n) is 9.69. The van der Waals surface area contributed by atoms with Crippen molar-refractivity contribution in [3.05, 3.63) is 57.4 Å². The first kappa shape index (κ1) is 22.5. The number of carbonyl (C=O) groups excluding carboxylic acids is 1. The number of carbonyl (C=O) groups is 2. The van der Waals surface area contributed by atoms with Crippen LogP contribution in [0.4, 0.5) is 0 Å². The zero-order valence-corrected chi connectivity index (χ0v) is 20.3. The molecule has 0 bridgehead atoms. The van der Waals surface area contributed by atoms with Gasteiger partial charge in [-0.3, -0.25) is 9.59 Å².